The fourth-order valence-electron chi connectivity index (χ4n) is 1.55. The quantitative estimate of drug-likeness (QED) is 0.517. The van der Waals surface area contributed by atoms with Gasteiger partial charge in [-0.1, -0.05) is 0 Å². The summed E-state index contributed by atoms with van der Waals surface area (Å²) in [5.41, 5.74) is 0.189. The van der Waals surface area contributed by atoms with E-state index in [4.69, 9.17) is 5.26 Å². The van der Waals surface area contributed by atoms with Crippen LogP contribution < -0.4 is 5.32 Å². The van der Waals surface area contributed by atoms with Gasteiger partial charge in [0.1, 0.15) is 11.6 Å². The second-order valence-corrected chi connectivity index (χ2v) is 3.31. The first kappa shape index (κ1) is 10.6. The topological polar surface area (TPSA) is 56.1 Å². The average Bonchev–Trinajstić information content (AvgIpc) is 2.26. The van der Waals surface area contributed by atoms with Gasteiger partial charge in [0, 0.05) is 26.3 Å². The normalized spacial score (nSPS) is 17.4. The van der Waals surface area contributed by atoms with E-state index in [0.29, 0.717) is 0 Å². The van der Waals surface area contributed by atoms with Gasteiger partial charge < -0.3 is 10.2 Å². The summed E-state index contributed by atoms with van der Waals surface area (Å²) in [6.07, 6.45) is 4.73. The molecule has 0 saturated carbocycles. The van der Waals surface area contributed by atoms with Crippen LogP contribution in [0.25, 0.3) is 0 Å². The van der Waals surface area contributed by atoms with Gasteiger partial charge >= 0.3 is 0 Å². The Morgan fingerprint density at radius 1 is 1.43 bits per heavy atom. The lowest BCUT2D eigenvalue weighted by atomic mass is 10.1. The van der Waals surface area contributed by atoms with Crippen LogP contribution in [0.2, 0.25) is 0 Å². The predicted octanol–water partition coefficient (Wildman–Crippen LogP) is 0.626. The average molecular weight is 193 g/mol. The predicted molar refractivity (Wildman–Crippen MR) is 53.2 cm³/mol. The number of amides is 1. The maximum atomic E-state index is 11.7. The Morgan fingerprint density at radius 3 is 2.57 bits per heavy atom. The highest BCUT2D eigenvalue weighted by atomic mass is 16.2. The van der Waals surface area contributed by atoms with Crippen molar-refractivity contribution < 1.29 is 4.79 Å². The number of rotatable bonds is 2. The molecule has 1 aliphatic heterocycles. The second-order valence-electron chi connectivity index (χ2n) is 3.31. The lowest BCUT2D eigenvalue weighted by Crippen LogP contribution is -2.36. The van der Waals surface area contributed by atoms with Crippen molar-refractivity contribution in [3.63, 3.8) is 0 Å². The van der Waals surface area contributed by atoms with Crippen LogP contribution >= 0.6 is 0 Å². The van der Waals surface area contributed by atoms with E-state index in [9.17, 15) is 4.79 Å². The molecule has 0 spiro atoms. The first-order chi connectivity index (χ1) is 6.79. The van der Waals surface area contributed by atoms with E-state index in [-0.39, 0.29) is 11.5 Å². The van der Waals surface area contributed by atoms with Crippen molar-refractivity contribution in [2.45, 2.75) is 19.3 Å². The number of hydrogen-bond acceptors (Lipinski definition) is 3. The zero-order valence-electron chi connectivity index (χ0n) is 8.42. The minimum atomic E-state index is -0.151. The molecule has 76 valence electrons. The Morgan fingerprint density at radius 2 is 2.07 bits per heavy atom. The van der Waals surface area contributed by atoms with Gasteiger partial charge in [-0.15, -0.1) is 0 Å². The van der Waals surface area contributed by atoms with Crippen molar-refractivity contribution in [2.75, 3.05) is 20.1 Å². The second kappa shape index (κ2) is 5.28. The van der Waals surface area contributed by atoms with Crippen molar-refractivity contribution >= 4 is 5.91 Å². The summed E-state index contributed by atoms with van der Waals surface area (Å²) < 4.78 is 0. The summed E-state index contributed by atoms with van der Waals surface area (Å²) in [4.78, 5) is 13.5. The zero-order chi connectivity index (χ0) is 10.4. The molecule has 1 saturated heterocycles. The maximum Gasteiger partial charge on any atom is 0.265 e. The number of nitrogens with one attached hydrogen (secondary N) is 1. The minimum Gasteiger partial charge on any atom is -0.393 e. The molecule has 0 aliphatic carbocycles. The molecule has 0 radical (unpaired) electrons. The molecule has 4 heteroatoms. The molecule has 4 nitrogen and oxygen atoms in total. The van der Waals surface area contributed by atoms with Crippen molar-refractivity contribution in [1.82, 2.24) is 10.2 Å². The van der Waals surface area contributed by atoms with Crippen LogP contribution in [-0.4, -0.2) is 30.9 Å². The Labute approximate surface area is 84.2 Å². The van der Waals surface area contributed by atoms with E-state index in [1.807, 2.05) is 6.07 Å². The molecule has 0 atom stereocenters. The van der Waals surface area contributed by atoms with Gasteiger partial charge in [-0.05, 0) is 19.3 Å². The van der Waals surface area contributed by atoms with Crippen LogP contribution in [0.4, 0.5) is 0 Å². The van der Waals surface area contributed by atoms with Crippen molar-refractivity contribution in [1.29, 1.82) is 5.26 Å². The number of piperidine rings is 1. The van der Waals surface area contributed by atoms with Crippen LogP contribution in [0.1, 0.15) is 19.3 Å². The van der Waals surface area contributed by atoms with Gasteiger partial charge in [0.25, 0.3) is 5.91 Å². The molecule has 1 rings (SSSR count). The van der Waals surface area contributed by atoms with Gasteiger partial charge in [0.2, 0.25) is 0 Å². The highest BCUT2D eigenvalue weighted by molar-refractivity contribution is 5.97. The van der Waals surface area contributed by atoms with Crippen LogP contribution in [-0.2, 0) is 4.79 Å². The molecule has 0 aromatic heterocycles. The smallest absolute Gasteiger partial charge is 0.265 e. The Hall–Kier alpha value is -1.50. The van der Waals surface area contributed by atoms with Gasteiger partial charge in [0.15, 0.2) is 0 Å². The van der Waals surface area contributed by atoms with Crippen molar-refractivity contribution in [3.05, 3.63) is 11.8 Å². The first-order valence-corrected chi connectivity index (χ1v) is 4.86. The highest BCUT2D eigenvalue weighted by Gasteiger charge is 2.19. The third kappa shape index (κ3) is 2.49. The largest absolute Gasteiger partial charge is 0.393 e. The molecule has 1 N–H and O–H groups in total. The van der Waals surface area contributed by atoms with Crippen LogP contribution in [0.15, 0.2) is 11.8 Å². The SMILES string of the molecule is CN/C=C(/C#N)C(=O)N1CCCCC1. The molecule has 14 heavy (non-hydrogen) atoms. The molecule has 1 amide bonds. The number of carbonyl (C=O) groups excluding carboxylic acids is 1. The molecule has 0 aromatic carbocycles. The van der Waals surface area contributed by atoms with E-state index in [0.717, 1.165) is 25.9 Å². The molecule has 1 aliphatic rings. The lowest BCUT2D eigenvalue weighted by Gasteiger charge is -2.26. The molecule has 1 fully saturated rings. The zero-order valence-corrected chi connectivity index (χ0v) is 8.42. The third-order valence-electron chi connectivity index (χ3n) is 2.28. The Bertz CT molecular complexity index is 272. The van der Waals surface area contributed by atoms with Crippen LogP contribution in [0, 0.1) is 11.3 Å². The number of hydrogen-bond donors (Lipinski definition) is 1. The van der Waals surface area contributed by atoms with Gasteiger partial charge in [0.05, 0.1) is 0 Å². The summed E-state index contributed by atoms with van der Waals surface area (Å²) >= 11 is 0. The number of nitrogens with zero attached hydrogens (tertiary/aromatic N) is 2. The fraction of sp³-hybridized carbons (Fsp3) is 0.600. The summed E-state index contributed by atoms with van der Waals surface area (Å²) in [7, 11) is 1.68. The molecular formula is C10H15N3O. The molecular weight excluding hydrogens is 178 g/mol. The lowest BCUT2D eigenvalue weighted by molar-refractivity contribution is -0.127. The molecule has 0 aromatic rings. The minimum absolute atomic E-state index is 0.151. The summed E-state index contributed by atoms with van der Waals surface area (Å²) in [5, 5.41) is 11.5. The van der Waals surface area contributed by atoms with Gasteiger partial charge in [-0.2, -0.15) is 5.26 Å². The number of nitriles is 1. The monoisotopic (exact) mass is 193 g/mol. The third-order valence-corrected chi connectivity index (χ3v) is 2.28. The van der Waals surface area contributed by atoms with Crippen molar-refractivity contribution in [3.8, 4) is 6.07 Å². The summed E-state index contributed by atoms with van der Waals surface area (Å²) in [6, 6.07) is 1.91. The number of likely N-dealkylation sites (tertiary alicyclic amines) is 1. The summed E-state index contributed by atoms with van der Waals surface area (Å²) in [6.45, 7) is 1.56. The highest BCUT2D eigenvalue weighted by Crippen LogP contribution is 2.11. The Balaban J connectivity index is 2.63. The fourth-order valence-corrected chi connectivity index (χ4v) is 1.55. The van der Waals surface area contributed by atoms with E-state index in [2.05, 4.69) is 5.32 Å². The van der Waals surface area contributed by atoms with Crippen LogP contribution in [0.5, 0.6) is 0 Å². The molecule has 0 unspecified atom stereocenters. The van der Waals surface area contributed by atoms with Gasteiger partial charge in [-0.3, -0.25) is 4.79 Å². The summed E-state index contributed by atoms with van der Waals surface area (Å²) in [5.74, 6) is -0.151. The standard InChI is InChI=1S/C10H15N3O/c1-12-8-9(7-11)10(14)13-5-3-2-4-6-13/h8,12H,2-6H2,1H3/b9-8-. The molecule has 1 heterocycles. The molecule has 0 bridgehead atoms. The van der Waals surface area contributed by atoms with E-state index < -0.39 is 0 Å². The van der Waals surface area contributed by atoms with E-state index in [1.165, 1.54) is 12.6 Å². The maximum absolute atomic E-state index is 11.7. The van der Waals surface area contributed by atoms with Crippen LogP contribution in [0.3, 0.4) is 0 Å². The van der Waals surface area contributed by atoms with Crippen molar-refractivity contribution in [2.24, 2.45) is 0 Å². The van der Waals surface area contributed by atoms with Gasteiger partial charge in [-0.25, -0.2) is 0 Å². The number of carbonyl (C=O) groups is 1. The Kier molecular flexibility index (Phi) is 3.99. The van der Waals surface area contributed by atoms with E-state index in [1.54, 1.807) is 11.9 Å². The van der Waals surface area contributed by atoms with E-state index >= 15 is 0 Å². The first-order valence-electron chi connectivity index (χ1n) is 4.86.